The summed E-state index contributed by atoms with van der Waals surface area (Å²) in [5.74, 6) is -0.173. The van der Waals surface area contributed by atoms with E-state index in [1.165, 1.54) is 11.3 Å². The molecule has 0 saturated carbocycles. The van der Waals surface area contributed by atoms with E-state index in [1.54, 1.807) is 12.1 Å². The molecule has 1 aliphatic rings. The van der Waals surface area contributed by atoms with Gasteiger partial charge in [-0.1, -0.05) is 19.1 Å². The van der Waals surface area contributed by atoms with Crippen LogP contribution in [0.25, 0.3) is 0 Å². The molecule has 1 N–H and O–H groups in total. The van der Waals surface area contributed by atoms with Gasteiger partial charge in [-0.25, -0.2) is 4.39 Å². The Kier molecular flexibility index (Phi) is 3.81. The van der Waals surface area contributed by atoms with Gasteiger partial charge >= 0.3 is 0 Å². The largest absolute Gasteiger partial charge is 0.315 e. The number of benzene rings is 1. The van der Waals surface area contributed by atoms with Gasteiger partial charge in [0.25, 0.3) is 0 Å². The fourth-order valence-electron chi connectivity index (χ4n) is 3.11. The van der Waals surface area contributed by atoms with Gasteiger partial charge in [-0.15, -0.1) is 0 Å². The van der Waals surface area contributed by atoms with Gasteiger partial charge < -0.3 is 5.32 Å². The van der Waals surface area contributed by atoms with Crippen LogP contribution in [0.15, 0.2) is 30.3 Å². The van der Waals surface area contributed by atoms with E-state index in [0.717, 1.165) is 38.2 Å². The Morgan fingerprint density at radius 2 is 1.95 bits per heavy atom. The zero-order valence-electron chi connectivity index (χ0n) is 12.7. The van der Waals surface area contributed by atoms with E-state index in [9.17, 15) is 4.39 Å². The van der Waals surface area contributed by atoms with Crippen molar-refractivity contribution in [3.05, 3.63) is 53.1 Å². The lowest BCUT2D eigenvalue weighted by Crippen LogP contribution is -2.58. The number of hydrogen-bond donors (Lipinski definition) is 1. The van der Waals surface area contributed by atoms with E-state index >= 15 is 0 Å². The lowest BCUT2D eigenvalue weighted by Gasteiger charge is -2.43. The van der Waals surface area contributed by atoms with Gasteiger partial charge in [0.1, 0.15) is 5.82 Å². The maximum atomic E-state index is 13.2. The summed E-state index contributed by atoms with van der Waals surface area (Å²) < 4.78 is 15.3. The van der Waals surface area contributed by atoms with E-state index in [1.807, 2.05) is 12.1 Å². The van der Waals surface area contributed by atoms with Crippen LogP contribution in [0.5, 0.6) is 0 Å². The Hall–Kier alpha value is -1.68. The molecular formula is C17H22FN3. The van der Waals surface area contributed by atoms with Crippen LogP contribution in [0.1, 0.15) is 30.8 Å². The molecule has 3 nitrogen and oxygen atoms in total. The van der Waals surface area contributed by atoms with Gasteiger partial charge in [0.15, 0.2) is 0 Å². The van der Waals surface area contributed by atoms with Crippen LogP contribution in [0.2, 0.25) is 0 Å². The Balaban J connectivity index is 1.90. The summed E-state index contributed by atoms with van der Waals surface area (Å²) in [5, 5.41) is 8.00. The minimum Gasteiger partial charge on any atom is -0.315 e. The van der Waals surface area contributed by atoms with Crippen molar-refractivity contribution in [2.24, 2.45) is 0 Å². The quantitative estimate of drug-likeness (QED) is 0.916. The van der Waals surface area contributed by atoms with Crippen LogP contribution >= 0.6 is 0 Å². The summed E-state index contributed by atoms with van der Waals surface area (Å²) in [6.07, 6.45) is 1.91. The molecular weight excluding hydrogens is 265 g/mol. The minimum absolute atomic E-state index is 0.0751. The van der Waals surface area contributed by atoms with Crippen molar-refractivity contribution >= 4 is 0 Å². The molecule has 4 heteroatoms. The van der Waals surface area contributed by atoms with Crippen LogP contribution in [-0.4, -0.2) is 22.9 Å². The normalized spacial score (nSPS) is 16.7. The van der Waals surface area contributed by atoms with Crippen LogP contribution in [-0.2, 0) is 24.8 Å². The number of nitrogens with one attached hydrogen (secondary N) is 1. The Morgan fingerprint density at radius 3 is 2.48 bits per heavy atom. The number of halogens is 1. The maximum Gasteiger partial charge on any atom is 0.123 e. The van der Waals surface area contributed by atoms with Crippen molar-refractivity contribution in [3.63, 3.8) is 0 Å². The molecule has 1 aromatic carbocycles. The fraction of sp³-hybridized carbons (Fsp3) is 0.471. The highest BCUT2D eigenvalue weighted by Crippen LogP contribution is 2.33. The first-order valence-electron chi connectivity index (χ1n) is 7.69. The zero-order valence-corrected chi connectivity index (χ0v) is 12.7. The van der Waals surface area contributed by atoms with Crippen molar-refractivity contribution in [1.82, 2.24) is 15.1 Å². The summed E-state index contributed by atoms with van der Waals surface area (Å²) in [6.45, 7) is 7.03. The van der Waals surface area contributed by atoms with Crippen LogP contribution in [0.3, 0.4) is 0 Å². The summed E-state index contributed by atoms with van der Waals surface area (Å²) in [4.78, 5) is 0. The molecule has 2 aromatic rings. The van der Waals surface area contributed by atoms with Crippen molar-refractivity contribution in [3.8, 4) is 0 Å². The molecule has 21 heavy (non-hydrogen) atoms. The van der Waals surface area contributed by atoms with E-state index in [-0.39, 0.29) is 11.2 Å². The third-order valence-corrected chi connectivity index (χ3v) is 4.48. The van der Waals surface area contributed by atoms with E-state index in [4.69, 9.17) is 0 Å². The van der Waals surface area contributed by atoms with E-state index < -0.39 is 0 Å². The molecule has 1 fully saturated rings. The monoisotopic (exact) mass is 287 g/mol. The second kappa shape index (κ2) is 5.60. The summed E-state index contributed by atoms with van der Waals surface area (Å²) in [5.41, 5.74) is 3.71. The molecule has 0 spiro atoms. The highest BCUT2D eigenvalue weighted by atomic mass is 19.1. The Morgan fingerprint density at radius 1 is 1.24 bits per heavy atom. The Labute approximate surface area is 125 Å². The SMILES string of the molecule is CCc1cc(CC2(c3ccc(F)cc3)CNC2)n(CC)n1. The number of rotatable bonds is 5. The molecule has 1 saturated heterocycles. The second-order valence-corrected chi connectivity index (χ2v) is 5.86. The number of nitrogens with zero attached hydrogens (tertiary/aromatic N) is 2. The molecule has 1 aliphatic heterocycles. The average molecular weight is 287 g/mol. The number of aryl methyl sites for hydroxylation is 2. The van der Waals surface area contributed by atoms with Crippen molar-refractivity contribution in [1.29, 1.82) is 0 Å². The number of hydrogen-bond acceptors (Lipinski definition) is 2. The van der Waals surface area contributed by atoms with E-state index in [2.05, 4.69) is 35.0 Å². The molecule has 3 rings (SSSR count). The average Bonchev–Trinajstić information content (AvgIpc) is 2.86. The lowest BCUT2D eigenvalue weighted by atomic mass is 9.72. The van der Waals surface area contributed by atoms with Crippen LogP contribution in [0.4, 0.5) is 4.39 Å². The Bertz CT molecular complexity index is 611. The van der Waals surface area contributed by atoms with Gasteiger partial charge in [0.05, 0.1) is 5.69 Å². The zero-order chi connectivity index (χ0) is 14.9. The predicted molar refractivity (Wildman–Crippen MR) is 81.9 cm³/mol. The van der Waals surface area contributed by atoms with Crippen molar-refractivity contribution < 1.29 is 4.39 Å². The molecule has 0 unspecified atom stereocenters. The molecule has 0 amide bonds. The maximum absolute atomic E-state index is 13.2. The van der Waals surface area contributed by atoms with Crippen LogP contribution < -0.4 is 5.32 Å². The first-order chi connectivity index (χ1) is 10.2. The highest BCUT2D eigenvalue weighted by Gasteiger charge is 2.39. The molecule has 0 aliphatic carbocycles. The van der Waals surface area contributed by atoms with Gasteiger partial charge in [0.2, 0.25) is 0 Å². The first-order valence-corrected chi connectivity index (χ1v) is 7.69. The summed E-state index contributed by atoms with van der Waals surface area (Å²) in [7, 11) is 0. The number of aromatic nitrogens is 2. The third kappa shape index (κ3) is 2.60. The van der Waals surface area contributed by atoms with Gasteiger partial charge in [0, 0.05) is 37.2 Å². The topological polar surface area (TPSA) is 29.9 Å². The minimum atomic E-state index is -0.173. The third-order valence-electron chi connectivity index (χ3n) is 4.48. The highest BCUT2D eigenvalue weighted by molar-refractivity contribution is 5.33. The molecule has 112 valence electrons. The summed E-state index contributed by atoms with van der Waals surface area (Å²) >= 11 is 0. The smallest absolute Gasteiger partial charge is 0.123 e. The van der Waals surface area contributed by atoms with Crippen molar-refractivity contribution in [2.45, 2.75) is 38.6 Å². The molecule has 2 heterocycles. The molecule has 1 aromatic heterocycles. The summed E-state index contributed by atoms with van der Waals surface area (Å²) in [6, 6.07) is 9.17. The van der Waals surface area contributed by atoms with Crippen LogP contribution in [0, 0.1) is 5.82 Å². The molecule has 0 atom stereocenters. The second-order valence-electron chi connectivity index (χ2n) is 5.86. The standard InChI is InChI=1S/C17H22FN3/c1-3-15-9-16(21(4-2)20-15)10-17(11-19-12-17)13-5-7-14(18)8-6-13/h5-9,19H,3-4,10-12H2,1-2H3. The molecule has 0 bridgehead atoms. The van der Waals surface area contributed by atoms with Crippen molar-refractivity contribution in [2.75, 3.05) is 13.1 Å². The van der Waals surface area contributed by atoms with E-state index in [0.29, 0.717) is 0 Å². The first kappa shape index (κ1) is 14.3. The molecule has 0 radical (unpaired) electrons. The lowest BCUT2D eigenvalue weighted by molar-refractivity contribution is 0.268. The fourth-order valence-corrected chi connectivity index (χ4v) is 3.11. The van der Waals surface area contributed by atoms with Gasteiger partial charge in [-0.05, 0) is 37.1 Å². The predicted octanol–water partition coefficient (Wildman–Crippen LogP) is 2.69. The van der Waals surface area contributed by atoms with Gasteiger partial charge in [-0.3, -0.25) is 4.68 Å². The van der Waals surface area contributed by atoms with Gasteiger partial charge in [-0.2, -0.15) is 5.10 Å².